The van der Waals surface area contributed by atoms with E-state index in [1.165, 1.54) is 10.9 Å². The maximum absolute atomic E-state index is 8.76. The number of nitrogens with zero attached hydrogens (tertiary/aromatic N) is 2. The van der Waals surface area contributed by atoms with E-state index >= 15 is 0 Å². The molecule has 0 radical (unpaired) electrons. The molecule has 0 bridgehead atoms. The average molecular weight is 258 g/mol. The summed E-state index contributed by atoms with van der Waals surface area (Å²) < 4.78 is 0. The zero-order valence-electron chi connectivity index (χ0n) is 11.5. The highest BCUT2D eigenvalue weighted by Crippen LogP contribution is 2.17. The molecule has 19 heavy (non-hydrogen) atoms. The number of para-hydroxylation sites is 1. The number of fused-ring (bicyclic) bond motifs is 1. The van der Waals surface area contributed by atoms with Gasteiger partial charge in [-0.25, -0.2) is 0 Å². The van der Waals surface area contributed by atoms with Gasteiger partial charge in [-0.15, -0.1) is 0 Å². The van der Waals surface area contributed by atoms with Crippen molar-refractivity contribution >= 4 is 10.9 Å². The molecule has 0 saturated carbocycles. The lowest BCUT2D eigenvalue weighted by molar-refractivity contribution is 0.271. The van der Waals surface area contributed by atoms with Gasteiger partial charge in [0.1, 0.15) is 0 Å². The lowest BCUT2D eigenvalue weighted by Crippen LogP contribution is -2.19. The second-order valence-corrected chi connectivity index (χ2v) is 5.01. The summed E-state index contributed by atoms with van der Waals surface area (Å²) in [5, 5.41) is 9.97. The maximum atomic E-state index is 8.76. The van der Waals surface area contributed by atoms with Crippen LogP contribution in [0.2, 0.25) is 0 Å². The van der Waals surface area contributed by atoms with E-state index in [1.807, 2.05) is 12.3 Å². The van der Waals surface area contributed by atoms with Crippen LogP contribution >= 0.6 is 0 Å². The molecule has 1 N–H and O–H groups in total. The molecule has 0 atom stereocenters. The molecule has 0 saturated heterocycles. The number of pyridine rings is 1. The molecule has 0 aliphatic heterocycles. The summed E-state index contributed by atoms with van der Waals surface area (Å²) in [4.78, 5) is 6.80. The number of rotatable bonds is 7. The molecule has 1 aromatic heterocycles. The van der Waals surface area contributed by atoms with E-state index in [4.69, 9.17) is 5.11 Å². The van der Waals surface area contributed by atoms with Crippen molar-refractivity contribution in [2.75, 3.05) is 20.2 Å². The van der Waals surface area contributed by atoms with Gasteiger partial charge >= 0.3 is 0 Å². The average Bonchev–Trinajstić information content (AvgIpc) is 2.44. The third-order valence-corrected chi connectivity index (χ3v) is 3.35. The molecule has 2 rings (SSSR count). The minimum absolute atomic E-state index is 0.303. The summed E-state index contributed by atoms with van der Waals surface area (Å²) in [5.41, 5.74) is 2.38. The largest absolute Gasteiger partial charge is 0.396 e. The van der Waals surface area contributed by atoms with E-state index in [-0.39, 0.29) is 0 Å². The fourth-order valence-electron chi connectivity index (χ4n) is 2.34. The van der Waals surface area contributed by atoms with Crippen LogP contribution in [0, 0.1) is 0 Å². The van der Waals surface area contributed by atoms with Crippen LogP contribution in [0.4, 0.5) is 0 Å². The van der Waals surface area contributed by atoms with Crippen LogP contribution in [-0.2, 0) is 6.54 Å². The fraction of sp³-hybridized carbons (Fsp3) is 0.438. The van der Waals surface area contributed by atoms with Gasteiger partial charge in [0.05, 0.1) is 5.52 Å². The summed E-state index contributed by atoms with van der Waals surface area (Å²) in [7, 11) is 2.14. The van der Waals surface area contributed by atoms with Gasteiger partial charge in [-0.2, -0.15) is 0 Å². The van der Waals surface area contributed by atoms with Crippen molar-refractivity contribution in [3.8, 4) is 0 Å². The first-order chi connectivity index (χ1) is 9.31. The Morgan fingerprint density at radius 1 is 1.11 bits per heavy atom. The molecule has 0 fully saturated rings. The number of hydrogen-bond acceptors (Lipinski definition) is 3. The Kier molecular flexibility index (Phi) is 5.31. The number of aromatic nitrogens is 1. The van der Waals surface area contributed by atoms with Gasteiger partial charge in [-0.05, 0) is 44.5 Å². The van der Waals surface area contributed by atoms with E-state index < -0.39 is 0 Å². The predicted molar refractivity (Wildman–Crippen MR) is 79.0 cm³/mol. The summed E-state index contributed by atoms with van der Waals surface area (Å²) in [6.45, 7) is 2.29. The van der Waals surface area contributed by atoms with E-state index in [0.717, 1.165) is 37.9 Å². The summed E-state index contributed by atoms with van der Waals surface area (Å²) >= 11 is 0. The topological polar surface area (TPSA) is 36.4 Å². The Morgan fingerprint density at radius 2 is 1.95 bits per heavy atom. The van der Waals surface area contributed by atoms with Crippen molar-refractivity contribution in [1.82, 2.24) is 9.88 Å². The molecule has 102 valence electrons. The van der Waals surface area contributed by atoms with Crippen molar-refractivity contribution in [3.05, 3.63) is 42.1 Å². The number of aliphatic hydroxyl groups excluding tert-OH is 1. The van der Waals surface area contributed by atoms with Gasteiger partial charge in [-0.3, -0.25) is 4.98 Å². The van der Waals surface area contributed by atoms with Crippen LogP contribution in [-0.4, -0.2) is 35.2 Å². The Morgan fingerprint density at radius 3 is 2.79 bits per heavy atom. The van der Waals surface area contributed by atoms with Crippen molar-refractivity contribution in [2.24, 2.45) is 0 Å². The van der Waals surface area contributed by atoms with Gasteiger partial charge in [0, 0.05) is 24.7 Å². The van der Waals surface area contributed by atoms with Crippen LogP contribution in [0.5, 0.6) is 0 Å². The van der Waals surface area contributed by atoms with E-state index in [1.54, 1.807) is 0 Å². The third kappa shape index (κ3) is 4.01. The highest BCUT2D eigenvalue weighted by Gasteiger charge is 2.05. The van der Waals surface area contributed by atoms with Gasteiger partial charge in [0.25, 0.3) is 0 Å². The van der Waals surface area contributed by atoms with Crippen LogP contribution in [0.15, 0.2) is 36.5 Å². The SMILES string of the molecule is CN(CCCCCO)Cc1cccc2cccnc12. The quantitative estimate of drug-likeness (QED) is 0.776. The lowest BCUT2D eigenvalue weighted by Gasteiger charge is -2.17. The van der Waals surface area contributed by atoms with Crippen molar-refractivity contribution in [2.45, 2.75) is 25.8 Å². The zero-order valence-corrected chi connectivity index (χ0v) is 11.5. The van der Waals surface area contributed by atoms with Gasteiger partial charge in [-0.1, -0.05) is 24.3 Å². The van der Waals surface area contributed by atoms with E-state index in [2.05, 4.69) is 41.2 Å². The molecule has 2 aromatic rings. The van der Waals surface area contributed by atoms with E-state index in [9.17, 15) is 0 Å². The molecule has 0 amide bonds. The Balaban J connectivity index is 1.97. The molecule has 3 heteroatoms. The van der Waals surface area contributed by atoms with Crippen LogP contribution < -0.4 is 0 Å². The first-order valence-electron chi connectivity index (χ1n) is 6.93. The minimum Gasteiger partial charge on any atom is -0.396 e. The number of aliphatic hydroxyl groups is 1. The molecular formula is C16H22N2O. The molecule has 0 aliphatic rings. The summed E-state index contributed by atoms with van der Waals surface area (Å²) in [6, 6.07) is 10.4. The minimum atomic E-state index is 0.303. The monoisotopic (exact) mass is 258 g/mol. The molecule has 1 heterocycles. The maximum Gasteiger partial charge on any atom is 0.0746 e. The Labute approximate surface area is 114 Å². The van der Waals surface area contributed by atoms with E-state index in [0.29, 0.717) is 6.61 Å². The first-order valence-corrected chi connectivity index (χ1v) is 6.93. The number of hydrogen-bond donors (Lipinski definition) is 1. The molecule has 3 nitrogen and oxygen atoms in total. The van der Waals surface area contributed by atoms with Crippen LogP contribution in [0.25, 0.3) is 10.9 Å². The molecule has 1 aromatic carbocycles. The zero-order chi connectivity index (χ0) is 13.5. The standard InChI is InChI=1S/C16H22N2O/c1-18(11-3-2-4-12-19)13-15-8-5-7-14-9-6-10-17-16(14)15/h5-10,19H,2-4,11-13H2,1H3. The normalized spacial score (nSPS) is 11.3. The van der Waals surface area contributed by atoms with Gasteiger partial charge in [0.15, 0.2) is 0 Å². The number of unbranched alkanes of at least 4 members (excludes halogenated alkanes) is 2. The lowest BCUT2D eigenvalue weighted by atomic mass is 10.1. The fourth-order valence-corrected chi connectivity index (χ4v) is 2.34. The second-order valence-electron chi connectivity index (χ2n) is 5.01. The van der Waals surface area contributed by atoms with Crippen LogP contribution in [0.1, 0.15) is 24.8 Å². The van der Waals surface area contributed by atoms with Crippen LogP contribution in [0.3, 0.4) is 0 Å². The highest BCUT2D eigenvalue weighted by molar-refractivity contribution is 5.81. The number of benzene rings is 1. The third-order valence-electron chi connectivity index (χ3n) is 3.35. The molecule has 0 unspecified atom stereocenters. The smallest absolute Gasteiger partial charge is 0.0746 e. The Hall–Kier alpha value is -1.45. The summed E-state index contributed by atoms with van der Waals surface area (Å²) in [5.74, 6) is 0. The second kappa shape index (κ2) is 7.22. The van der Waals surface area contributed by atoms with Gasteiger partial charge < -0.3 is 10.0 Å². The Bertz CT molecular complexity index is 508. The van der Waals surface area contributed by atoms with Crippen molar-refractivity contribution in [3.63, 3.8) is 0 Å². The van der Waals surface area contributed by atoms with Crippen molar-refractivity contribution in [1.29, 1.82) is 0 Å². The predicted octanol–water partition coefficient (Wildman–Crippen LogP) is 2.83. The summed E-state index contributed by atoms with van der Waals surface area (Å²) in [6.07, 6.45) is 4.99. The van der Waals surface area contributed by atoms with Gasteiger partial charge in [0.2, 0.25) is 0 Å². The first kappa shape index (κ1) is 14.0. The highest BCUT2D eigenvalue weighted by atomic mass is 16.2. The van der Waals surface area contributed by atoms with Crippen molar-refractivity contribution < 1.29 is 5.11 Å². The molecule has 0 aliphatic carbocycles. The molecular weight excluding hydrogens is 236 g/mol. The molecule has 0 spiro atoms.